The van der Waals surface area contributed by atoms with E-state index < -0.39 is 0 Å². The lowest BCUT2D eigenvalue weighted by molar-refractivity contribution is 0.491. The van der Waals surface area contributed by atoms with Crippen LogP contribution in [0.3, 0.4) is 0 Å². The summed E-state index contributed by atoms with van der Waals surface area (Å²) in [6.45, 7) is 1.00. The van der Waals surface area contributed by atoms with E-state index in [9.17, 15) is 0 Å². The second-order valence-electron chi connectivity index (χ2n) is 4.95. The van der Waals surface area contributed by atoms with Crippen LogP contribution in [-0.2, 0) is 0 Å². The van der Waals surface area contributed by atoms with E-state index >= 15 is 0 Å². The van der Waals surface area contributed by atoms with E-state index in [0.29, 0.717) is 5.02 Å². The van der Waals surface area contributed by atoms with Crippen molar-refractivity contribution in [3.05, 3.63) is 23.2 Å². The molecular weight excluding hydrogens is 232 g/mol. The van der Waals surface area contributed by atoms with Crippen LogP contribution in [0.1, 0.15) is 38.5 Å². The Morgan fingerprint density at radius 2 is 2.06 bits per heavy atom. The van der Waals surface area contributed by atoms with E-state index in [4.69, 9.17) is 17.3 Å². The lowest BCUT2D eigenvalue weighted by Gasteiger charge is -2.11. The smallest absolute Gasteiger partial charge is 0.0574 e. The predicted octanol–water partition coefficient (Wildman–Crippen LogP) is 4.30. The molecule has 0 atom stereocenters. The van der Waals surface area contributed by atoms with E-state index in [2.05, 4.69) is 5.32 Å². The minimum atomic E-state index is 0.694. The molecule has 17 heavy (non-hydrogen) atoms. The zero-order valence-corrected chi connectivity index (χ0v) is 11.0. The SMILES string of the molecule is Nc1cc(Cl)ccc1NCCCC1CCCC1. The molecule has 1 saturated carbocycles. The summed E-state index contributed by atoms with van der Waals surface area (Å²) in [6.07, 6.45) is 8.31. The van der Waals surface area contributed by atoms with Crippen molar-refractivity contribution in [2.24, 2.45) is 5.92 Å². The Morgan fingerprint density at radius 1 is 1.29 bits per heavy atom. The van der Waals surface area contributed by atoms with Gasteiger partial charge in [0.25, 0.3) is 0 Å². The molecule has 0 saturated heterocycles. The van der Waals surface area contributed by atoms with Gasteiger partial charge >= 0.3 is 0 Å². The molecule has 3 heteroatoms. The monoisotopic (exact) mass is 252 g/mol. The summed E-state index contributed by atoms with van der Waals surface area (Å²) >= 11 is 5.86. The van der Waals surface area contributed by atoms with Crippen LogP contribution in [0, 0.1) is 5.92 Å². The van der Waals surface area contributed by atoms with Crippen molar-refractivity contribution >= 4 is 23.0 Å². The fraction of sp³-hybridized carbons (Fsp3) is 0.571. The molecule has 0 unspecified atom stereocenters. The van der Waals surface area contributed by atoms with Crippen LogP contribution in [0.5, 0.6) is 0 Å². The molecule has 0 aromatic heterocycles. The van der Waals surface area contributed by atoms with Crippen LogP contribution >= 0.6 is 11.6 Å². The Morgan fingerprint density at radius 3 is 2.76 bits per heavy atom. The fourth-order valence-electron chi connectivity index (χ4n) is 2.61. The lowest BCUT2D eigenvalue weighted by Crippen LogP contribution is -2.06. The molecule has 0 aliphatic heterocycles. The van der Waals surface area contributed by atoms with Crippen LogP contribution in [0.15, 0.2) is 18.2 Å². The molecule has 1 aromatic rings. The highest BCUT2D eigenvalue weighted by Gasteiger charge is 2.13. The predicted molar refractivity (Wildman–Crippen MR) is 75.5 cm³/mol. The second-order valence-corrected chi connectivity index (χ2v) is 5.39. The van der Waals surface area contributed by atoms with Gasteiger partial charge in [0.15, 0.2) is 0 Å². The number of rotatable bonds is 5. The van der Waals surface area contributed by atoms with Gasteiger partial charge in [-0.15, -0.1) is 0 Å². The highest BCUT2D eigenvalue weighted by atomic mass is 35.5. The van der Waals surface area contributed by atoms with Crippen molar-refractivity contribution in [3.63, 3.8) is 0 Å². The maximum absolute atomic E-state index is 5.88. The third kappa shape index (κ3) is 3.81. The average Bonchev–Trinajstić information content (AvgIpc) is 2.79. The van der Waals surface area contributed by atoms with Crippen LogP contribution in [0.2, 0.25) is 5.02 Å². The Kier molecular flexibility index (Phi) is 4.55. The molecule has 1 aliphatic rings. The minimum Gasteiger partial charge on any atom is -0.397 e. The third-order valence-corrected chi connectivity index (χ3v) is 3.83. The van der Waals surface area contributed by atoms with Crippen LogP contribution in [-0.4, -0.2) is 6.54 Å². The molecule has 0 heterocycles. The summed E-state index contributed by atoms with van der Waals surface area (Å²) < 4.78 is 0. The summed E-state index contributed by atoms with van der Waals surface area (Å²) in [7, 11) is 0. The standard InChI is InChI=1S/C14H21ClN2/c15-12-7-8-14(13(16)10-12)17-9-3-6-11-4-1-2-5-11/h7-8,10-11,17H,1-6,9,16H2. The number of anilines is 2. The molecule has 1 aromatic carbocycles. The van der Waals surface area contributed by atoms with Gasteiger partial charge in [-0.25, -0.2) is 0 Å². The Bertz CT molecular complexity index is 359. The third-order valence-electron chi connectivity index (χ3n) is 3.59. The van der Waals surface area contributed by atoms with E-state index in [1.54, 1.807) is 6.07 Å². The van der Waals surface area contributed by atoms with E-state index in [-0.39, 0.29) is 0 Å². The topological polar surface area (TPSA) is 38.0 Å². The van der Waals surface area contributed by atoms with Crippen molar-refractivity contribution in [3.8, 4) is 0 Å². The maximum Gasteiger partial charge on any atom is 0.0574 e. The van der Waals surface area contributed by atoms with Crippen LogP contribution in [0.4, 0.5) is 11.4 Å². The van der Waals surface area contributed by atoms with Gasteiger partial charge in [-0.2, -0.15) is 0 Å². The first kappa shape index (κ1) is 12.6. The molecule has 2 rings (SSSR count). The number of halogens is 1. The molecule has 1 aliphatic carbocycles. The first-order chi connectivity index (χ1) is 8.25. The highest BCUT2D eigenvalue weighted by molar-refractivity contribution is 6.31. The molecule has 0 bridgehead atoms. The second kappa shape index (κ2) is 6.15. The Hall–Kier alpha value is -0.890. The van der Waals surface area contributed by atoms with Gasteiger partial charge in [-0.3, -0.25) is 0 Å². The quantitative estimate of drug-likeness (QED) is 0.606. The highest BCUT2D eigenvalue weighted by Crippen LogP contribution is 2.28. The first-order valence-corrected chi connectivity index (χ1v) is 6.92. The van der Waals surface area contributed by atoms with Gasteiger partial charge in [0.1, 0.15) is 0 Å². The van der Waals surface area contributed by atoms with Gasteiger partial charge in [0.05, 0.1) is 11.4 Å². The summed E-state index contributed by atoms with van der Waals surface area (Å²) in [5.41, 5.74) is 7.61. The first-order valence-electron chi connectivity index (χ1n) is 6.54. The van der Waals surface area contributed by atoms with Crippen molar-refractivity contribution in [2.45, 2.75) is 38.5 Å². The van der Waals surface area contributed by atoms with Gasteiger partial charge in [-0.1, -0.05) is 37.3 Å². The number of benzene rings is 1. The summed E-state index contributed by atoms with van der Waals surface area (Å²) in [4.78, 5) is 0. The Labute approximate surface area is 109 Å². The molecule has 1 fully saturated rings. The van der Waals surface area contributed by atoms with E-state index in [1.165, 1.54) is 38.5 Å². The number of nitrogens with one attached hydrogen (secondary N) is 1. The zero-order valence-electron chi connectivity index (χ0n) is 10.2. The maximum atomic E-state index is 5.88. The number of nitrogens with two attached hydrogens (primary N) is 1. The average molecular weight is 253 g/mol. The van der Waals surface area contributed by atoms with Gasteiger partial charge in [0.2, 0.25) is 0 Å². The van der Waals surface area contributed by atoms with Gasteiger partial charge in [-0.05, 0) is 37.0 Å². The van der Waals surface area contributed by atoms with E-state index in [0.717, 1.165) is 23.8 Å². The molecule has 94 valence electrons. The summed E-state index contributed by atoms with van der Waals surface area (Å²) in [5.74, 6) is 0.972. The van der Waals surface area contributed by atoms with Crippen LogP contribution < -0.4 is 11.1 Å². The Balaban J connectivity index is 1.70. The fourth-order valence-corrected chi connectivity index (χ4v) is 2.79. The van der Waals surface area contributed by atoms with Crippen molar-refractivity contribution < 1.29 is 0 Å². The molecular formula is C14H21ClN2. The zero-order chi connectivity index (χ0) is 12.1. The van der Waals surface area contributed by atoms with Crippen molar-refractivity contribution in [2.75, 3.05) is 17.6 Å². The van der Waals surface area contributed by atoms with Crippen molar-refractivity contribution in [1.82, 2.24) is 0 Å². The molecule has 3 N–H and O–H groups in total. The normalized spacial score (nSPS) is 16.3. The lowest BCUT2D eigenvalue weighted by atomic mass is 10.0. The number of hydrogen-bond acceptors (Lipinski definition) is 2. The molecule has 0 spiro atoms. The summed E-state index contributed by atoms with van der Waals surface area (Å²) in [5, 5.41) is 4.07. The van der Waals surface area contributed by atoms with Gasteiger partial charge < -0.3 is 11.1 Å². The largest absolute Gasteiger partial charge is 0.397 e. The number of nitrogen functional groups attached to an aromatic ring is 1. The summed E-state index contributed by atoms with van der Waals surface area (Å²) in [6, 6.07) is 5.62. The van der Waals surface area contributed by atoms with Crippen molar-refractivity contribution in [1.29, 1.82) is 0 Å². The number of hydrogen-bond donors (Lipinski definition) is 2. The molecule has 0 amide bonds. The van der Waals surface area contributed by atoms with E-state index in [1.807, 2.05) is 12.1 Å². The minimum absolute atomic E-state index is 0.694. The molecule has 0 radical (unpaired) electrons. The molecule has 2 nitrogen and oxygen atoms in total. The van der Waals surface area contributed by atoms with Gasteiger partial charge in [0, 0.05) is 11.6 Å². The van der Waals surface area contributed by atoms with Crippen LogP contribution in [0.25, 0.3) is 0 Å².